The first-order chi connectivity index (χ1) is 4.27. The van der Waals surface area contributed by atoms with Crippen molar-refractivity contribution in [1.82, 2.24) is 0 Å². The number of rotatable bonds is 0. The second-order valence-electron chi connectivity index (χ2n) is 0.827. The molecule has 0 aromatic heterocycles. The first-order valence-corrected chi connectivity index (χ1v) is 3.59. The Balaban J connectivity index is 0. The van der Waals surface area contributed by atoms with Crippen LogP contribution in [0.4, 0.5) is 8.78 Å². The summed E-state index contributed by atoms with van der Waals surface area (Å²) in [6.07, 6.45) is -1.85. The highest BCUT2D eigenvalue weighted by Gasteiger charge is 2.11. The lowest BCUT2D eigenvalue weighted by atomic mass is 11.1. The molecule has 62 valence electrons. The van der Waals surface area contributed by atoms with Crippen LogP contribution in [0.1, 0.15) is 0 Å². The van der Waals surface area contributed by atoms with Gasteiger partial charge in [0.15, 0.2) is 0 Å². The van der Waals surface area contributed by atoms with Crippen LogP contribution < -0.4 is 0 Å². The van der Waals surface area contributed by atoms with Crippen LogP contribution in [0.15, 0.2) is 11.6 Å². The highest BCUT2D eigenvalue weighted by molar-refractivity contribution is 6.83. The average Bonchev–Trinajstić information content (AvgIpc) is 1.61. The molecule has 0 saturated carbocycles. The van der Waals surface area contributed by atoms with Crippen molar-refractivity contribution in [2.75, 3.05) is 0 Å². The van der Waals surface area contributed by atoms with Crippen LogP contribution in [-0.4, -0.2) is 3.25 Å². The van der Waals surface area contributed by atoms with E-state index in [2.05, 4.69) is 11.6 Å². The Labute approximate surface area is 81.6 Å². The fraction of sp³-hybridized carbons (Fsp3) is 0.333. The molecule has 7 heteroatoms. The molecule has 0 spiro atoms. The van der Waals surface area contributed by atoms with Gasteiger partial charge in [-0.2, -0.15) is 8.78 Å². The summed E-state index contributed by atoms with van der Waals surface area (Å²) in [6, 6.07) is 0. The molecule has 0 bridgehead atoms. The third-order valence-electron chi connectivity index (χ3n) is 0.0825. The number of halogens is 7. The number of hydrogen-bond acceptors (Lipinski definition) is 0. The van der Waals surface area contributed by atoms with Gasteiger partial charge in [0.2, 0.25) is 0 Å². The van der Waals surface area contributed by atoms with E-state index in [9.17, 15) is 8.78 Å². The minimum atomic E-state index is -1.85. The van der Waals surface area contributed by atoms with E-state index in [1.165, 1.54) is 0 Å². The van der Waals surface area contributed by atoms with E-state index >= 15 is 0 Å². The highest BCUT2D eigenvalue weighted by Crippen LogP contribution is 2.29. The SMILES string of the molecule is ClC(Cl)(Cl)Cl.FC(F)=CCl. The van der Waals surface area contributed by atoms with Crippen LogP contribution >= 0.6 is 58.0 Å². The quantitative estimate of drug-likeness (QED) is 0.556. The summed E-state index contributed by atoms with van der Waals surface area (Å²) in [6.45, 7) is 0. The summed E-state index contributed by atoms with van der Waals surface area (Å²) in [5.74, 6) is 0. The van der Waals surface area contributed by atoms with Crippen molar-refractivity contribution in [3.05, 3.63) is 11.6 Å². The van der Waals surface area contributed by atoms with E-state index in [-0.39, 0.29) is 5.54 Å². The summed E-state index contributed by atoms with van der Waals surface area (Å²) < 4.78 is 19.4. The molecule has 0 unspecified atom stereocenters. The zero-order valence-electron chi connectivity index (χ0n) is 4.22. The molecule has 0 aliphatic rings. The van der Waals surface area contributed by atoms with E-state index in [1.807, 2.05) is 0 Å². The maximum atomic E-state index is 10.5. The molecule has 0 heterocycles. The van der Waals surface area contributed by atoms with Crippen molar-refractivity contribution in [3.8, 4) is 0 Å². The largest absolute Gasteiger partial charge is 0.281 e. The predicted molar refractivity (Wildman–Crippen MR) is 42.3 cm³/mol. The van der Waals surface area contributed by atoms with Gasteiger partial charge in [-0.15, -0.1) is 0 Å². The van der Waals surface area contributed by atoms with Gasteiger partial charge in [0.25, 0.3) is 9.33 Å². The molecule has 0 amide bonds. The first kappa shape index (κ1) is 13.6. The second-order valence-corrected chi connectivity index (χ2v) is 4.47. The molecule has 0 N–H and O–H groups in total. The second kappa shape index (κ2) is 6.74. The van der Waals surface area contributed by atoms with Crippen molar-refractivity contribution >= 4 is 58.0 Å². The fourth-order valence-electron chi connectivity index (χ4n) is 0. The van der Waals surface area contributed by atoms with Crippen molar-refractivity contribution in [2.24, 2.45) is 0 Å². The Morgan fingerprint density at radius 2 is 1.20 bits per heavy atom. The van der Waals surface area contributed by atoms with Gasteiger partial charge >= 0.3 is 0 Å². The molecule has 0 atom stereocenters. The van der Waals surface area contributed by atoms with Crippen molar-refractivity contribution in [2.45, 2.75) is 3.25 Å². The van der Waals surface area contributed by atoms with Crippen LogP contribution in [-0.2, 0) is 0 Å². The Kier molecular flexibility index (Phi) is 9.19. The summed E-state index contributed by atoms with van der Waals surface area (Å²) in [5.41, 5.74) is 0.222. The molecule has 0 aliphatic carbocycles. The summed E-state index contributed by atoms with van der Waals surface area (Å²) in [4.78, 5) is 0. The van der Waals surface area contributed by atoms with Gasteiger partial charge in [0.05, 0.1) is 5.54 Å². The normalized spacial score (nSPS) is 9.50. The van der Waals surface area contributed by atoms with E-state index in [4.69, 9.17) is 46.4 Å². The Bertz CT molecular complexity index is 96.0. The smallest absolute Gasteiger partial charge is 0.172 e. The van der Waals surface area contributed by atoms with Gasteiger partial charge in [-0.1, -0.05) is 58.0 Å². The zero-order chi connectivity index (χ0) is 8.78. The van der Waals surface area contributed by atoms with E-state index < -0.39 is 9.33 Å². The molecule has 0 radical (unpaired) electrons. The standard InChI is InChI=1S/C2HClF2.CCl4/c3-1-2(4)5;2-1(3,4)5/h1H;. The van der Waals surface area contributed by atoms with E-state index in [1.54, 1.807) is 0 Å². The van der Waals surface area contributed by atoms with Gasteiger partial charge in [0, 0.05) is 0 Å². The molecule has 10 heavy (non-hydrogen) atoms. The van der Waals surface area contributed by atoms with Crippen molar-refractivity contribution in [3.63, 3.8) is 0 Å². The molecule has 0 aromatic carbocycles. The molecule has 0 rings (SSSR count). The Morgan fingerprint density at radius 1 is 1.10 bits per heavy atom. The van der Waals surface area contributed by atoms with Gasteiger partial charge in [-0.3, -0.25) is 0 Å². The maximum Gasteiger partial charge on any atom is 0.281 e. The zero-order valence-corrected chi connectivity index (χ0v) is 8.00. The minimum Gasteiger partial charge on any atom is -0.172 e. The minimum absolute atomic E-state index is 0.222. The first-order valence-electron chi connectivity index (χ1n) is 1.64. The molecule has 0 nitrogen and oxygen atoms in total. The van der Waals surface area contributed by atoms with E-state index in [0.717, 1.165) is 0 Å². The van der Waals surface area contributed by atoms with Crippen LogP contribution in [0, 0.1) is 0 Å². The predicted octanol–water partition coefficient (Wildman–Crippen LogP) is 4.52. The fourth-order valence-corrected chi connectivity index (χ4v) is 0. The molecule has 0 fully saturated rings. The van der Waals surface area contributed by atoms with Crippen LogP contribution in [0.5, 0.6) is 0 Å². The lowest BCUT2D eigenvalue weighted by molar-refractivity contribution is 0.424. The molecule has 0 aromatic rings. The number of alkyl halides is 4. The van der Waals surface area contributed by atoms with Gasteiger partial charge in [-0.25, -0.2) is 0 Å². The maximum absolute atomic E-state index is 10.5. The Hall–Kier alpha value is 1.05. The van der Waals surface area contributed by atoms with Gasteiger partial charge < -0.3 is 0 Å². The Morgan fingerprint density at radius 3 is 1.20 bits per heavy atom. The van der Waals surface area contributed by atoms with Crippen molar-refractivity contribution < 1.29 is 8.78 Å². The lowest BCUT2D eigenvalue weighted by Gasteiger charge is -1.91. The van der Waals surface area contributed by atoms with Gasteiger partial charge in [-0.05, 0) is 0 Å². The van der Waals surface area contributed by atoms with Crippen LogP contribution in [0.3, 0.4) is 0 Å². The van der Waals surface area contributed by atoms with Crippen LogP contribution in [0.25, 0.3) is 0 Å². The third-order valence-corrected chi connectivity index (χ3v) is 0.247. The summed E-state index contributed by atoms with van der Waals surface area (Å²) in [7, 11) is 0. The molecule has 0 aliphatic heterocycles. The molecular weight excluding hydrogens is 251 g/mol. The summed E-state index contributed by atoms with van der Waals surface area (Å²) in [5, 5.41) is 0. The molecular formula is C3HCl5F2. The lowest BCUT2D eigenvalue weighted by Crippen LogP contribution is -1.81. The highest BCUT2D eigenvalue weighted by atomic mass is 35.6. The average molecular weight is 252 g/mol. The third kappa shape index (κ3) is 63.0. The van der Waals surface area contributed by atoms with Gasteiger partial charge in [0.1, 0.15) is 0 Å². The van der Waals surface area contributed by atoms with Crippen molar-refractivity contribution in [1.29, 1.82) is 0 Å². The monoisotopic (exact) mass is 250 g/mol. The molecule has 0 saturated heterocycles. The van der Waals surface area contributed by atoms with Crippen LogP contribution in [0.2, 0.25) is 0 Å². The van der Waals surface area contributed by atoms with E-state index in [0.29, 0.717) is 0 Å². The number of hydrogen-bond donors (Lipinski definition) is 0. The summed E-state index contributed by atoms with van der Waals surface area (Å²) >= 11 is 23.7. The topological polar surface area (TPSA) is 0 Å².